The average Bonchev–Trinajstić information content (AvgIpc) is 3.20. The van der Waals surface area contributed by atoms with Gasteiger partial charge in [0.15, 0.2) is 23.9 Å². The van der Waals surface area contributed by atoms with Crippen molar-refractivity contribution in [2.75, 3.05) is 25.1 Å². The molecule has 1 N–H and O–H groups in total. The van der Waals surface area contributed by atoms with Crippen LogP contribution >= 0.6 is 23.4 Å². The minimum absolute atomic E-state index is 0.100. The third-order valence-electron chi connectivity index (χ3n) is 5.61. The summed E-state index contributed by atoms with van der Waals surface area (Å²) >= 11 is 6.62. The van der Waals surface area contributed by atoms with Crippen molar-refractivity contribution in [2.24, 2.45) is 0 Å². The van der Waals surface area contributed by atoms with E-state index in [1.165, 1.54) is 30.3 Å². The molecule has 1 saturated heterocycles. The number of ether oxygens (including phenoxy) is 2. The van der Waals surface area contributed by atoms with Gasteiger partial charge in [0.25, 0.3) is 22.7 Å². The summed E-state index contributed by atoms with van der Waals surface area (Å²) in [6.45, 7) is 1.27. The molecule has 1 aliphatic heterocycles. The largest absolute Gasteiger partial charge is 0.490 e. The van der Waals surface area contributed by atoms with Crippen LogP contribution in [0.3, 0.4) is 0 Å². The summed E-state index contributed by atoms with van der Waals surface area (Å²) in [4.78, 5) is 61.5. The van der Waals surface area contributed by atoms with Crippen LogP contribution in [0.1, 0.15) is 22.8 Å². The summed E-state index contributed by atoms with van der Waals surface area (Å²) in [5, 5.41) is 13.4. The summed E-state index contributed by atoms with van der Waals surface area (Å²) in [5.41, 5.74) is 1.00. The first-order valence-corrected chi connectivity index (χ1v) is 13.3. The van der Waals surface area contributed by atoms with Gasteiger partial charge in [0.05, 0.1) is 23.0 Å². The predicted molar refractivity (Wildman–Crippen MR) is 153 cm³/mol. The van der Waals surface area contributed by atoms with Crippen molar-refractivity contribution in [1.82, 2.24) is 4.90 Å². The minimum atomic E-state index is -0.647. The van der Waals surface area contributed by atoms with Crippen LogP contribution in [-0.2, 0) is 9.59 Å². The number of Topliss-reactive ketones (excluding diaryl/α,β-unsaturated/α-hetero) is 1. The Bertz CT molecular complexity index is 1560. The zero-order valence-corrected chi connectivity index (χ0v) is 23.1. The number of carbonyl (C=O) groups excluding carboxylic acids is 4. The molecule has 3 amide bonds. The molecule has 0 unspecified atom stereocenters. The number of nitrogens with zero attached hydrogens (tertiary/aromatic N) is 2. The number of ketones is 1. The molecule has 13 heteroatoms. The quantitative estimate of drug-likeness (QED) is 0.130. The normalized spacial score (nSPS) is 13.8. The number of anilines is 1. The molecule has 0 bridgehead atoms. The molecule has 0 spiro atoms. The highest BCUT2D eigenvalue weighted by Crippen LogP contribution is 2.35. The maximum atomic E-state index is 12.9. The Hall–Kier alpha value is -4.68. The standard InChI is InChI=1S/C28H22ClN3O8S/c1-2-39-24-12-17(6-11-23(24)40-16-26(34)30-20-5-3-4-19(29)14-20)13-25-27(35)31(28(36)41-25)15-22(33)18-7-9-21(10-8-18)32(37)38/h3-14H,2,15-16H2,1H3,(H,30,34)/b25-13+. The Morgan fingerprint density at radius 2 is 1.80 bits per heavy atom. The van der Waals surface area contributed by atoms with Crippen LogP contribution < -0.4 is 14.8 Å². The van der Waals surface area contributed by atoms with Gasteiger partial charge in [0, 0.05) is 28.4 Å². The zero-order valence-electron chi connectivity index (χ0n) is 21.5. The van der Waals surface area contributed by atoms with Crippen LogP contribution in [0.15, 0.2) is 71.6 Å². The fraction of sp³-hybridized carbons (Fsp3) is 0.143. The second-order valence-corrected chi connectivity index (χ2v) is 9.91. The maximum absolute atomic E-state index is 12.9. The number of amides is 3. The van der Waals surface area contributed by atoms with Gasteiger partial charge in [-0.3, -0.25) is 34.2 Å². The van der Waals surface area contributed by atoms with Crippen LogP contribution in [0.5, 0.6) is 11.5 Å². The second kappa shape index (κ2) is 13.1. The zero-order chi connectivity index (χ0) is 29.5. The van der Waals surface area contributed by atoms with Gasteiger partial charge in [-0.25, -0.2) is 0 Å². The number of carbonyl (C=O) groups is 4. The molecule has 0 radical (unpaired) electrons. The Morgan fingerprint density at radius 1 is 1.05 bits per heavy atom. The highest BCUT2D eigenvalue weighted by atomic mass is 35.5. The maximum Gasteiger partial charge on any atom is 0.293 e. The van der Waals surface area contributed by atoms with Crippen molar-refractivity contribution >= 4 is 63.7 Å². The summed E-state index contributed by atoms with van der Waals surface area (Å²) in [7, 11) is 0. The van der Waals surface area contributed by atoms with E-state index in [1.54, 1.807) is 49.4 Å². The van der Waals surface area contributed by atoms with E-state index in [1.807, 2.05) is 0 Å². The van der Waals surface area contributed by atoms with Crippen molar-refractivity contribution in [3.63, 3.8) is 0 Å². The van der Waals surface area contributed by atoms with Gasteiger partial charge in [0.2, 0.25) is 0 Å². The minimum Gasteiger partial charge on any atom is -0.490 e. The molecular formula is C28H22ClN3O8S. The topological polar surface area (TPSA) is 145 Å². The van der Waals surface area contributed by atoms with Crippen molar-refractivity contribution in [2.45, 2.75) is 6.92 Å². The molecule has 4 rings (SSSR count). The smallest absolute Gasteiger partial charge is 0.293 e. The predicted octanol–water partition coefficient (Wildman–Crippen LogP) is 5.58. The fourth-order valence-electron chi connectivity index (χ4n) is 3.70. The lowest BCUT2D eigenvalue weighted by molar-refractivity contribution is -0.384. The first kappa shape index (κ1) is 29.3. The van der Waals surface area contributed by atoms with Crippen molar-refractivity contribution in [3.05, 3.63) is 97.9 Å². The number of rotatable bonds is 11. The van der Waals surface area contributed by atoms with E-state index in [2.05, 4.69) is 5.32 Å². The van der Waals surface area contributed by atoms with Crippen LogP contribution in [0, 0.1) is 10.1 Å². The number of nitrogens with one attached hydrogen (secondary N) is 1. The molecule has 1 aliphatic rings. The number of nitro groups is 1. The van der Waals surface area contributed by atoms with Gasteiger partial charge in [-0.05, 0) is 72.8 Å². The third kappa shape index (κ3) is 7.50. The number of thioether (sulfide) groups is 1. The fourth-order valence-corrected chi connectivity index (χ4v) is 4.73. The summed E-state index contributed by atoms with van der Waals surface area (Å²) in [6.07, 6.45) is 1.49. The number of non-ortho nitro benzene ring substituents is 1. The Labute approximate surface area is 243 Å². The molecule has 1 heterocycles. The molecule has 210 valence electrons. The Balaban J connectivity index is 1.42. The van der Waals surface area contributed by atoms with Crippen LogP contribution in [0.25, 0.3) is 6.08 Å². The number of nitro benzene ring substituents is 1. The van der Waals surface area contributed by atoms with E-state index in [0.717, 1.165) is 4.90 Å². The molecule has 0 aliphatic carbocycles. The average molecular weight is 596 g/mol. The molecule has 0 aromatic heterocycles. The molecule has 3 aromatic carbocycles. The summed E-state index contributed by atoms with van der Waals surface area (Å²) in [6, 6.07) is 16.4. The highest BCUT2D eigenvalue weighted by Gasteiger charge is 2.36. The number of benzene rings is 3. The van der Waals surface area contributed by atoms with Gasteiger partial charge in [-0.2, -0.15) is 0 Å². The van der Waals surface area contributed by atoms with E-state index >= 15 is 0 Å². The monoisotopic (exact) mass is 595 g/mol. The van der Waals surface area contributed by atoms with Gasteiger partial charge in [0.1, 0.15) is 0 Å². The van der Waals surface area contributed by atoms with E-state index in [9.17, 15) is 29.3 Å². The molecule has 0 saturated carbocycles. The van der Waals surface area contributed by atoms with Gasteiger partial charge < -0.3 is 14.8 Å². The van der Waals surface area contributed by atoms with Gasteiger partial charge in [-0.15, -0.1) is 0 Å². The lowest BCUT2D eigenvalue weighted by Gasteiger charge is -2.13. The van der Waals surface area contributed by atoms with Gasteiger partial charge in [-0.1, -0.05) is 23.7 Å². The number of hydrogen-bond donors (Lipinski definition) is 1. The van der Waals surface area contributed by atoms with E-state index in [4.69, 9.17) is 21.1 Å². The first-order chi connectivity index (χ1) is 19.6. The SMILES string of the molecule is CCOc1cc(/C=C2/SC(=O)N(CC(=O)c3ccc([N+](=O)[O-])cc3)C2=O)ccc1OCC(=O)Nc1cccc(Cl)c1. The second-order valence-electron chi connectivity index (χ2n) is 8.48. The van der Waals surface area contributed by atoms with Crippen molar-refractivity contribution in [1.29, 1.82) is 0 Å². The molecule has 41 heavy (non-hydrogen) atoms. The highest BCUT2D eigenvalue weighted by molar-refractivity contribution is 8.18. The number of imide groups is 1. The van der Waals surface area contributed by atoms with Crippen LogP contribution in [0.4, 0.5) is 16.2 Å². The molecular weight excluding hydrogens is 574 g/mol. The molecule has 11 nitrogen and oxygen atoms in total. The van der Waals surface area contributed by atoms with Crippen LogP contribution in [0.2, 0.25) is 5.02 Å². The van der Waals surface area contributed by atoms with Crippen molar-refractivity contribution < 1.29 is 33.6 Å². The van der Waals surface area contributed by atoms with Gasteiger partial charge >= 0.3 is 0 Å². The third-order valence-corrected chi connectivity index (χ3v) is 6.75. The summed E-state index contributed by atoms with van der Waals surface area (Å²) in [5.74, 6) is -0.971. The number of hydrogen-bond acceptors (Lipinski definition) is 9. The lowest BCUT2D eigenvalue weighted by atomic mass is 10.1. The van der Waals surface area contributed by atoms with E-state index in [-0.39, 0.29) is 22.8 Å². The molecule has 3 aromatic rings. The Kier molecular flexibility index (Phi) is 9.37. The molecule has 1 fully saturated rings. The van der Waals surface area contributed by atoms with Crippen molar-refractivity contribution in [3.8, 4) is 11.5 Å². The van der Waals surface area contributed by atoms with Crippen LogP contribution in [-0.4, -0.2) is 52.4 Å². The summed E-state index contributed by atoms with van der Waals surface area (Å²) < 4.78 is 11.3. The molecule has 0 atom stereocenters. The van der Waals surface area contributed by atoms with E-state index < -0.39 is 34.3 Å². The Morgan fingerprint density at radius 3 is 2.49 bits per heavy atom. The van der Waals surface area contributed by atoms with E-state index in [0.29, 0.717) is 46.1 Å². The number of halogens is 1. The first-order valence-electron chi connectivity index (χ1n) is 12.1. The lowest BCUT2D eigenvalue weighted by Crippen LogP contribution is -2.33.